The fourth-order valence-corrected chi connectivity index (χ4v) is 1.99. The predicted octanol–water partition coefficient (Wildman–Crippen LogP) is 2.38. The number of rotatable bonds is 3. The van der Waals surface area contributed by atoms with Gasteiger partial charge in [-0.1, -0.05) is 6.92 Å². The van der Waals surface area contributed by atoms with Crippen molar-refractivity contribution in [3.8, 4) is 0 Å². The average Bonchev–Trinajstić information content (AvgIpc) is 2.28. The van der Waals surface area contributed by atoms with Crippen LogP contribution in [0.15, 0.2) is 12.1 Å². The molecule has 0 aliphatic rings. The van der Waals surface area contributed by atoms with Gasteiger partial charge in [0.25, 0.3) is 0 Å². The van der Waals surface area contributed by atoms with Crippen LogP contribution in [0.25, 0.3) is 0 Å². The summed E-state index contributed by atoms with van der Waals surface area (Å²) in [5.74, 6) is -2.21. The summed E-state index contributed by atoms with van der Waals surface area (Å²) < 4.78 is 0.539. The highest BCUT2D eigenvalue weighted by Gasteiger charge is 2.17. The van der Waals surface area contributed by atoms with Crippen LogP contribution < -0.4 is 0 Å². The van der Waals surface area contributed by atoms with Crippen LogP contribution in [0.4, 0.5) is 0 Å². The van der Waals surface area contributed by atoms with Crippen LogP contribution in [0.3, 0.4) is 0 Å². The molecule has 0 amide bonds. The van der Waals surface area contributed by atoms with Gasteiger partial charge in [0.2, 0.25) is 0 Å². The zero-order valence-corrected chi connectivity index (χ0v) is 12.3. The third kappa shape index (κ3) is 4.61. The summed E-state index contributed by atoms with van der Waals surface area (Å²) in [5.41, 5.74) is 0.380. The molecule has 3 N–H and O–H groups in total. The van der Waals surface area contributed by atoms with Crippen molar-refractivity contribution in [2.24, 2.45) is 0 Å². The quantitative estimate of drug-likeness (QED) is 0.714. The minimum Gasteiger partial charge on any atom is -0.478 e. The fourth-order valence-electron chi connectivity index (χ4n) is 1.17. The molecule has 0 saturated heterocycles. The van der Waals surface area contributed by atoms with E-state index in [-0.39, 0.29) is 16.7 Å². The molecule has 0 spiro atoms. The Bertz CT molecular complexity index is 440. The van der Waals surface area contributed by atoms with Gasteiger partial charge in [-0.2, -0.15) is 0 Å². The Balaban J connectivity index is 0.000000631. The van der Waals surface area contributed by atoms with E-state index in [0.717, 1.165) is 6.42 Å². The molecule has 0 bridgehead atoms. The average molecular weight is 366 g/mol. The normalized spacial score (nSPS) is 9.33. The van der Waals surface area contributed by atoms with Crippen molar-refractivity contribution in [3.05, 3.63) is 32.4 Å². The lowest BCUT2D eigenvalue weighted by Crippen LogP contribution is -2.09. The monoisotopic (exact) mass is 366 g/mol. The molecule has 0 radical (unpaired) electrons. The Morgan fingerprint density at radius 2 is 1.72 bits per heavy atom. The second-order valence-electron chi connectivity index (χ2n) is 3.43. The van der Waals surface area contributed by atoms with Crippen molar-refractivity contribution in [2.75, 3.05) is 6.61 Å². The zero-order chi connectivity index (χ0) is 14.3. The lowest BCUT2D eigenvalue weighted by atomic mass is 10.0. The Labute approximate surface area is 119 Å². The molecule has 0 unspecified atom stereocenters. The summed E-state index contributed by atoms with van der Waals surface area (Å²) in [5, 5.41) is 25.5. The Kier molecular flexibility index (Phi) is 7.53. The molecule has 18 heavy (non-hydrogen) atoms. The number of benzene rings is 1. The van der Waals surface area contributed by atoms with Crippen molar-refractivity contribution < 1.29 is 24.9 Å². The maximum absolute atomic E-state index is 10.8. The minimum atomic E-state index is -1.11. The first-order chi connectivity index (χ1) is 8.36. The van der Waals surface area contributed by atoms with E-state index in [0.29, 0.717) is 10.2 Å². The molecule has 0 saturated carbocycles. The summed E-state index contributed by atoms with van der Waals surface area (Å²) in [4.78, 5) is 21.5. The molecule has 1 aromatic rings. The number of carbonyl (C=O) groups is 2. The molecule has 1 aromatic carbocycles. The van der Waals surface area contributed by atoms with Crippen LogP contribution in [-0.2, 0) is 0 Å². The third-order valence-corrected chi connectivity index (χ3v) is 2.98. The molecule has 100 valence electrons. The van der Waals surface area contributed by atoms with E-state index in [1.54, 1.807) is 0 Å². The molecular weight excluding hydrogens is 351 g/mol. The summed E-state index contributed by atoms with van der Waals surface area (Å²) in [6.45, 7) is 3.75. The smallest absolute Gasteiger partial charge is 0.337 e. The number of hydrogen-bond donors (Lipinski definition) is 3. The van der Waals surface area contributed by atoms with E-state index in [2.05, 4.69) is 0 Å². The van der Waals surface area contributed by atoms with Gasteiger partial charge in [0.15, 0.2) is 0 Å². The van der Waals surface area contributed by atoms with Crippen LogP contribution in [-0.4, -0.2) is 33.9 Å². The maximum atomic E-state index is 10.8. The molecule has 0 aliphatic carbocycles. The number of aliphatic hydroxyl groups excluding tert-OH is 1. The topological polar surface area (TPSA) is 94.8 Å². The van der Waals surface area contributed by atoms with E-state index in [1.165, 1.54) is 19.1 Å². The fraction of sp³-hybridized carbons (Fsp3) is 0.333. The molecule has 5 nitrogen and oxygen atoms in total. The van der Waals surface area contributed by atoms with Crippen molar-refractivity contribution in [1.29, 1.82) is 0 Å². The van der Waals surface area contributed by atoms with Crippen LogP contribution >= 0.6 is 22.6 Å². The van der Waals surface area contributed by atoms with E-state index in [4.69, 9.17) is 15.3 Å². The second kappa shape index (κ2) is 8.04. The highest BCUT2D eigenvalue weighted by molar-refractivity contribution is 14.1. The summed E-state index contributed by atoms with van der Waals surface area (Å²) >= 11 is 1.87. The van der Waals surface area contributed by atoms with Gasteiger partial charge in [-0.25, -0.2) is 9.59 Å². The van der Waals surface area contributed by atoms with Gasteiger partial charge in [0, 0.05) is 10.2 Å². The standard InChI is InChI=1S/C9H7IO4.C3H8O/c1-4-5(8(11)12)2-3-6(10)7(4)9(13)14;1-2-3-4/h2-3H,1H3,(H,11,12)(H,13,14);4H,2-3H2,1H3. The molecule has 1 rings (SSSR count). The number of carboxylic acids is 2. The second-order valence-corrected chi connectivity index (χ2v) is 4.59. The van der Waals surface area contributed by atoms with Crippen LogP contribution in [0.1, 0.15) is 39.6 Å². The molecular formula is C12H15IO5. The van der Waals surface area contributed by atoms with Crippen LogP contribution in [0, 0.1) is 10.5 Å². The van der Waals surface area contributed by atoms with Crippen molar-refractivity contribution in [3.63, 3.8) is 0 Å². The highest BCUT2D eigenvalue weighted by Crippen LogP contribution is 2.20. The van der Waals surface area contributed by atoms with E-state index in [1.807, 2.05) is 29.5 Å². The Hall–Kier alpha value is -1.15. The van der Waals surface area contributed by atoms with Gasteiger partial charge < -0.3 is 15.3 Å². The minimum absolute atomic E-state index is 0.0304. The van der Waals surface area contributed by atoms with Crippen molar-refractivity contribution >= 4 is 34.5 Å². The van der Waals surface area contributed by atoms with Gasteiger partial charge in [-0.05, 0) is 53.6 Å². The molecule has 6 heteroatoms. The predicted molar refractivity (Wildman–Crippen MR) is 75.2 cm³/mol. The Morgan fingerprint density at radius 3 is 2.06 bits per heavy atom. The summed E-state index contributed by atoms with van der Waals surface area (Å²) in [6, 6.07) is 2.90. The van der Waals surface area contributed by atoms with Crippen molar-refractivity contribution in [2.45, 2.75) is 20.3 Å². The number of carboxylic acid groups (broad SMARTS) is 2. The molecule has 0 aromatic heterocycles. The summed E-state index contributed by atoms with van der Waals surface area (Å²) in [7, 11) is 0. The summed E-state index contributed by atoms with van der Waals surface area (Å²) in [6.07, 6.45) is 0.875. The van der Waals surface area contributed by atoms with Crippen molar-refractivity contribution in [1.82, 2.24) is 0 Å². The molecule has 0 fully saturated rings. The number of halogens is 1. The van der Waals surface area contributed by atoms with Gasteiger partial charge in [0.05, 0.1) is 11.1 Å². The number of aliphatic hydroxyl groups is 1. The first-order valence-electron chi connectivity index (χ1n) is 5.23. The van der Waals surface area contributed by atoms with Crippen LogP contribution in [0.2, 0.25) is 0 Å². The van der Waals surface area contributed by atoms with Crippen LogP contribution in [0.5, 0.6) is 0 Å². The number of aromatic carboxylic acids is 2. The first kappa shape index (κ1) is 16.9. The van der Waals surface area contributed by atoms with E-state index in [9.17, 15) is 9.59 Å². The van der Waals surface area contributed by atoms with E-state index >= 15 is 0 Å². The SMILES string of the molecule is CCCO.Cc1c(C(=O)O)ccc(I)c1C(=O)O. The van der Waals surface area contributed by atoms with E-state index < -0.39 is 11.9 Å². The Morgan fingerprint density at radius 1 is 1.22 bits per heavy atom. The van der Waals surface area contributed by atoms with Gasteiger partial charge in [0.1, 0.15) is 0 Å². The number of hydrogen-bond acceptors (Lipinski definition) is 3. The molecule has 0 heterocycles. The molecule has 0 aliphatic heterocycles. The largest absolute Gasteiger partial charge is 0.478 e. The molecule has 0 atom stereocenters. The zero-order valence-electron chi connectivity index (χ0n) is 10.1. The third-order valence-electron chi connectivity index (χ3n) is 2.08. The van der Waals surface area contributed by atoms with Gasteiger partial charge >= 0.3 is 11.9 Å². The maximum Gasteiger partial charge on any atom is 0.337 e. The lowest BCUT2D eigenvalue weighted by molar-refractivity contribution is 0.0695. The lowest BCUT2D eigenvalue weighted by Gasteiger charge is -2.06. The first-order valence-corrected chi connectivity index (χ1v) is 6.31. The van der Waals surface area contributed by atoms with Gasteiger partial charge in [-0.15, -0.1) is 0 Å². The van der Waals surface area contributed by atoms with Gasteiger partial charge in [-0.3, -0.25) is 0 Å². The highest BCUT2D eigenvalue weighted by atomic mass is 127.